The summed E-state index contributed by atoms with van der Waals surface area (Å²) < 4.78 is 6.33. The first kappa shape index (κ1) is 21.5. The minimum atomic E-state index is -0.355. The van der Waals surface area contributed by atoms with E-state index >= 15 is 0 Å². The van der Waals surface area contributed by atoms with Crippen LogP contribution in [0.5, 0.6) is 0 Å². The average Bonchev–Trinajstić information content (AvgIpc) is 3.22. The maximum absolute atomic E-state index is 11.6. The largest absolute Gasteiger partial charge is 0.458 e. The fourth-order valence-electron chi connectivity index (χ4n) is 4.31. The molecule has 168 valence electrons. The predicted octanol–water partition coefficient (Wildman–Crippen LogP) is 7.14. The van der Waals surface area contributed by atoms with Gasteiger partial charge in [0.05, 0.1) is 16.0 Å². The van der Waals surface area contributed by atoms with Gasteiger partial charge in [-0.05, 0) is 22.8 Å². The number of non-ortho nitro benzene ring substituents is 1. The maximum atomic E-state index is 11.6. The van der Waals surface area contributed by atoms with Crippen LogP contribution < -0.4 is 4.90 Å². The van der Waals surface area contributed by atoms with Gasteiger partial charge in [-0.15, -0.1) is 0 Å². The molecule has 0 spiro atoms. The zero-order valence-electron chi connectivity index (χ0n) is 18.6. The van der Waals surface area contributed by atoms with E-state index in [4.69, 9.17) is 4.42 Å². The average molecular weight is 449 g/mol. The minimum absolute atomic E-state index is 0.0557. The van der Waals surface area contributed by atoms with Crippen molar-refractivity contribution >= 4 is 22.3 Å². The smallest absolute Gasteiger partial charge is 0.270 e. The second-order valence-electron chi connectivity index (χ2n) is 8.30. The van der Waals surface area contributed by atoms with E-state index < -0.39 is 0 Å². The fraction of sp³-hybridized carbons (Fsp3) is 0.103. The molecule has 0 atom stereocenters. The van der Waals surface area contributed by atoms with E-state index in [0.29, 0.717) is 25.1 Å². The van der Waals surface area contributed by atoms with Crippen LogP contribution in [0.3, 0.4) is 0 Å². The maximum Gasteiger partial charge on any atom is 0.270 e. The topological polar surface area (TPSA) is 59.5 Å². The number of rotatable bonds is 8. The molecule has 0 unspecified atom stereocenters. The number of nitro groups is 1. The summed E-state index contributed by atoms with van der Waals surface area (Å²) >= 11 is 0. The number of hydrogen-bond acceptors (Lipinski definition) is 4. The Hall–Kier alpha value is -4.38. The van der Waals surface area contributed by atoms with Crippen LogP contribution in [0.4, 0.5) is 11.4 Å². The van der Waals surface area contributed by atoms with Gasteiger partial charge in [0.15, 0.2) is 0 Å². The number of nitro benzene ring substituents is 1. The van der Waals surface area contributed by atoms with E-state index in [0.717, 1.165) is 33.5 Å². The molecule has 5 aromatic rings. The van der Waals surface area contributed by atoms with Gasteiger partial charge in [-0.2, -0.15) is 0 Å². The molecule has 0 radical (unpaired) electrons. The van der Waals surface area contributed by atoms with E-state index in [1.165, 1.54) is 6.07 Å². The van der Waals surface area contributed by atoms with Crippen molar-refractivity contribution in [2.75, 3.05) is 4.90 Å². The molecule has 0 aliphatic heterocycles. The first-order valence-corrected chi connectivity index (χ1v) is 11.2. The SMILES string of the molecule is O=[N+]([O-])c1ccc2oc(Cc3ccccc3)c(N(Cc3ccccc3)Cc3ccccc3)c2c1. The number of furan rings is 1. The normalized spacial score (nSPS) is 10.9. The highest BCUT2D eigenvalue weighted by Gasteiger charge is 2.23. The molecule has 0 fully saturated rings. The summed E-state index contributed by atoms with van der Waals surface area (Å²) in [6.45, 7) is 1.30. The third kappa shape index (κ3) is 4.69. The van der Waals surface area contributed by atoms with Gasteiger partial charge in [-0.1, -0.05) is 91.0 Å². The molecule has 5 heteroatoms. The van der Waals surface area contributed by atoms with Gasteiger partial charge in [0.25, 0.3) is 5.69 Å². The second-order valence-corrected chi connectivity index (χ2v) is 8.30. The molecule has 0 saturated carbocycles. The third-order valence-electron chi connectivity index (χ3n) is 5.88. The highest BCUT2D eigenvalue weighted by Crippen LogP contribution is 2.39. The van der Waals surface area contributed by atoms with Gasteiger partial charge in [0.1, 0.15) is 11.3 Å². The lowest BCUT2D eigenvalue weighted by Gasteiger charge is -2.25. The van der Waals surface area contributed by atoms with Crippen LogP contribution in [-0.4, -0.2) is 4.92 Å². The Morgan fingerprint density at radius 2 is 1.24 bits per heavy atom. The summed E-state index contributed by atoms with van der Waals surface area (Å²) in [6, 6.07) is 35.5. The molecule has 0 bridgehead atoms. The predicted molar refractivity (Wildman–Crippen MR) is 135 cm³/mol. The van der Waals surface area contributed by atoms with E-state index in [9.17, 15) is 10.1 Å². The zero-order chi connectivity index (χ0) is 23.3. The Bertz CT molecular complexity index is 1360. The number of anilines is 1. The van der Waals surface area contributed by atoms with Crippen molar-refractivity contribution in [1.29, 1.82) is 0 Å². The quantitative estimate of drug-likeness (QED) is 0.187. The van der Waals surface area contributed by atoms with Crippen molar-refractivity contribution in [3.05, 3.63) is 142 Å². The molecule has 5 nitrogen and oxygen atoms in total. The van der Waals surface area contributed by atoms with Crippen LogP contribution in [0.15, 0.2) is 114 Å². The van der Waals surface area contributed by atoms with Crippen molar-refractivity contribution in [2.45, 2.75) is 19.5 Å². The molecule has 4 aromatic carbocycles. The van der Waals surface area contributed by atoms with Gasteiger partial charge >= 0.3 is 0 Å². The van der Waals surface area contributed by atoms with Crippen LogP contribution >= 0.6 is 0 Å². The molecule has 34 heavy (non-hydrogen) atoms. The molecule has 0 aliphatic carbocycles. The third-order valence-corrected chi connectivity index (χ3v) is 5.88. The molecule has 1 heterocycles. The molecular weight excluding hydrogens is 424 g/mol. The van der Waals surface area contributed by atoms with Gasteiger partial charge in [-0.25, -0.2) is 0 Å². The lowest BCUT2D eigenvalue weighted by atomic mass is 10.1. The van der Waals surface area contributed by atoms with Crippen molar-refractivity contribution in [2.24, 2.45) is 0 Å². The standard InChI is InChI=1S/C29H24N2O3/c32-31(33)25-16-17-27-26(19-25)29(28(34-27)18-22-10-4-1-5-11-22)30(20-23-12-6-2-7-13-23)21-24-14-8-3-9-15-24/h1-17,19H,18,20-21H2. The Labute approximate surface area is 198 Å². The monoisotopic (exact) mass is 448 g/mol. The molecule has 0 amide bonds. The van der Waals surface area contributed by atoms with E-state index in [2.05, 4.69) is 41.3 Å². The molecule has 5 rings (SSSR count). The van der Waals surface area contributed by atoms with Gasteiger partial charge < -0.3 is 9.32 Å². The first-order chi connectivity index (χ1) is 16.7. The summed E-state index contributed by atoms with van der Waals surface area (Å²) in [7, 11) is 0. The molecule has 1 aromatic heterocycles. The van der Waals surface area contributed by atoms with E-state index in [-0.39, 0.29) is 10.6 Å². The van der Waals surface area contributed by atoms with E-state index in [1.54, 1.807) is 12.1 Å². The Morgan fingerprint density at radius 1 is 0.706 bits per heavy atom. The minimum Gasteiger partial charge on any atom is -0.458 e. The Morgan fingerprint density at radius 3 is 1.76 bits per heavy atom. The number of benzene rings is 4. The van der Waals surface area contributed by atoms with Gasteiger partial charge in [-0.3, -0.25) is 10.1 Å². The number of nitrogens with zero attached hydrogens (tertiary/aromatic N) is 2. The van der Waals surface area contributed by atoms with Gasteiger partial charge in [0, 0.05) is 31.6 Å². The summed E-state index contributed by atoms with van der Waals surface area (Å²) in [4.78, 5) is 13.5. The van der Waals surface area contributed by atoms with Crippen LogP contribution in [0.2, 0.25) is 0 Å². The van der Waals surface area contributed by atoms with Crippen LogP contribution in [0, 0.1) is 10.1 Å². The van der Waals surface area contributed by atoms with Crippen molar-refractivity contribution in [3.63, 3.8) is 0 Å². The van der Waals surface area contributed by atoms with Crippen molar-refractivity contribution < 1.29 is 9.34 Å². The molecule has 0 N–H and O–H groups in total. The summed E-state index contributed by atoms with van der Waals surface area (Å²) in [5.41, 5.74) is 5.04. The van der Waals surface area contributed by atoms with Crippen LogP contribution in [0.1, 0.15) is 22.5 Å². The molecular formula is C29H24N2O3. The van der Waals surface area contributed by atoms with Crippen molar-refractivity contribution in [1.82, 2.24) is 0 Å². The Kier molecular flexibility index (Phi) is 6.08. The summed E-state index contributed by atoms with van der Waals surface area (Å²) in [5.74, 6) is 0.800. The highest BCUT2D eigenvalue weighted by atomic mass is 16.6. The van der Waals surface area contributed by atoms with Crippen LogP contribution in [-0.2, 0) is 19.5 Å². The Balaban J connectivity index is 1.67. The highest BCUT2D eigenvalue weighted by molar-refractivity contribution is 5.94. The zero-order valence-corrected chi connectivity index (χ0v) is 18.6. The molecule has 0 aliphatic rings. The summed E-state index contributed by atoms with van der Waals surface area (Å²) in [6.07, 6.45) is 0.596. The second kappa shape index (κ2) is 9.63. The molecule has 0 saturated heterocycles. The fourth-order valence-corrected chi connectivity index (χ4v) is 4.31. The van der Waals surface area contributed by atoms with Gasteiger partial charge in [0.2, 0.25) is 0 Å². The number of fused-ring (bicyclic) bond motifs is 1. The number of hydrogen-bond donors (Lipinski definition) is 0. The van der Waals surface area contributed by atoms with Crippen molar-refractivity contribution in [3.8, 4) is 0 Å². The lowest BCUT2D eigenvalue weighted by Crippen LogP contribution is -2.23. The summed E-state index contributed by atoms with van der Waals surface area (Å²) in [5, 5.41) is 12.3. The van der Waals surface area contributed by atoms with E-state index in [1.807, 2.05) is 54.6 Å². The lowest BCUT2D eigenvalue weighted by molar-refractivity contribution is -0.384. The van der Waals surface area contributed by atoms with Crippen LogP contribution in [0.25, 0.3) is 11.0 Å². The first-order valence-electron chi connectivity index (χ1n) is 11.2.